The number of hydrogen-bond donors (Lipinski definition) is 1. The first-order chi connectivity index (χ1) is 8.25. The van der Waals surface area contributed by atoms with E-state index in [1.807, 2.05) is 18.2 Å². The third kappa shape index (κ3) is 1.73. The Morgan fingerprint density at radius 1 is 1.47 bits per heavy atom. The van der Waals surface area contributed by atoms with Gasteiger partial charge in [-0.1, -0.05) is 12.1 Å². The molecule has 0 amide bonds. The minimum atomic E-state index is -0.724. The van der Waals surface area contributed by atoms with Crippen LogP contribution < -0.4 is 9.64 Å². The van der Waals surface area contributed by atoms with E-state index in [9.17, 15) is 4.79 Å². The molecule has 1 aromatic carbocycles. The average Bonchev–Trinajstić information content (AvgIpc) is 2.33. The van der Waals surface area contributed by atoms with Crippen molar-refractivity contribution in [1.82, 2.24) is 0 Å². The number of carbonyl (C=O) groups is 1. The van der Waals surface area contributed by atoms with Gasteiger partial charge in [-0.25, -0.2) is 0 Å². The predicted octanol–water partition coefficient (Wildman–Crippen LogP) is 1.85. The lowest BCUT2D eigenvalue weighted by atomic mass is 9.87. The molecule has 1 atom stereocenters. The molecule has 0 saturated heterocycles. The van der Waals surface area contributed by atoms with Gasteiger partial charge in [-0.15, -0.1) is 0 Å². The lowest BCUT2D eigenvalue weighted by molar-refractivity contribution is -0.137. The van der Waals surface area contributed by atoms with Crippen LogP contribution in [0, 0.1) is 0 Å². The van der Waals surface area contributed by atoms with Gasteiger partial charge >= 0.3 is 5.97 Å². The van der Waals surface area contributed by atoms with Crippen LogP contribution in [0.2, 0.25) is 0 Å². The molecule has 2 heterocycles. The van der Waals surface area contributed by atoms with E-state index < -0.39 is 5.97 Å². The Kier molecular flexibility index (Phi) is 2.42. The number of benzene rings is 1. The van der Waals surface area contributed by atoms with Crippen molar-refractivity contribution in [2.24, 2.45) is 0 Å². The topological polar surface area (TPSA) is 49.8 Å². The van der Waals surface area contributed by atoms with E-state index in [1.54, 1.807) is 0 Å². The first-order valence-corrected chi connectivity index (χ1v) is 5.98. The molecule has 4 heteroatoms. The molecule has 0 radical (unpaired) electrons. The molecule has 17 heavy (non-hydrogen) atoms. The Labute approximate surface area is 99.8 Å². The molecule has 0 bridgehead atoms. The van der Waals surface area contributed by atoms with E-state index in [0.717, 1.165) is 43.1 Å². The summed E-state index contributed by atoms with van der Waals surface area (Å²) in [6.07, 6.45) is 1.13. The zero-order valence-corrected chi connectivity index (χ0v) is 9.56. The van der Waals surface area contributed by atoms with Crippen LogP contribution in [-0.4, -0.2) is 30.8 Å². The molecule has 4 nitrogen and oxygen atoms in total. The van der Waals surface area contributed by atoms with E-state index >= 15 is 0 Å². The molecule has 0 aromatic heterocycles. The maximum Gasteiger partial charge on any atom is 0.303 e. The molecule has 0 fully saturated rings. The first kappa shape index (κ1) is 10.4. The zero-order valence-electron chi connectivity index (χ0n) is 9.56. The van der Waals surface area contributed by atoms with Crippen molar-refractivity contribution in [1.29, 1.82) is 0 Å². The van der Waals surface area contributed by atoms with Gasteiger partial charge in [-0.2, -0.15) is 0 Å². The summed E-state index contributed by atoms with van der Waals surface area (Å²) in [6, 6.07) is 5.96. The second-order valence-corrected chi connectivity index (χ2v) is 4.61. The van der Waals surface area contributed by atoms with E-state index in [4.69, 9.17) is 9.84 Å². The van der Waals surface area contributed by atoms with E-state index in [2.05, 4.69) is 4.90 Å². The monoisotopic (exact) mass is 233 g/mol. The molecule has 1 aromatic rings. The van der Waals surface area contributed by atoms with Gasteiger partial charge in [0.05, 0.1) is 18.7 Å². The maximum absolute atomic E-state index is 10.9. The van der Waals surface area contributed by atoms with Gasteiger partial charge in [0.1, 0.15) is 12.4 Å². The number of aliphatic carboxylic acids is 1. The highest BCUT2D eigenvalue weighted by Crippen LogP contribution is 2.44. The van der Waals surface area contributed by atoms with Crippen molar-refractivity contribution >= 4 is 11.7 Å². The molecule has 1 N–H and O–H groups in total. The molecular weight excluding hydrogens is 218 g/mol. The summed E-state index contributed by atoms with van der Waals surface area (Å²) < 4.78 is 5.63. The van der Waals surface area contributed by atoms with Crippen LogP contribution >= 0.6 is 0 Å². The first-order valence-electron chi connectivity index (χ1n) is 5.98. The average molecular weight is 233 g/mol. The van der Waals surface area contributed by atoms with E-state index in [-0.39, 0.29) is 12.3 Å². The fourth-order valence-electron chi connectivity index (χ4n) is 2.81. The second-order valence-electron chi connectivity index (χ2n) is 4.61. The summed E-state index contributed by atoms with van der Waals surface area (Å²) >= 11 is 0. The van der Waals surface area contributed by atoms with Gasteiger partial charge < -0.3 is 14.7 Å². The molecule has 0 aliphatic carbocycles. The van der Waals surface area contributed by atoms with Crippen molar-refractivity contribution in [2.75, 3.05) is 24.6 Å². The highest BCUT2D eigenvalue weighted by atomic mass is 16.5. The fourth-order valence-corrected chi connectivity index (χ4v) is 2.81. The van der Waals surface area contributed by atoms with Gasteiger partial charge in [0.2, 0.25) is 0 Å². The Morgan fingerprint density at radius 2 is 2.35 bits per heavy atom. The van der Waals surface area contributed by atoms with Crippen molar-refractivity contribution in [3.8, 4) is 5.75 Å². The molecule has 0 saturated carbocycles. The minimum absolute atomic E-state index is 0.125. The Balaban J connectivity index is 2.02. The lowest BCUT2D eigenvalue weighted by Gasteiger charge is -2.39. The van der Waals surface area contributed by atoms with Crippen LogP contribution in [0.15, 0.2) is 18.2 Å². The molecule has 3 rings (SSSR count). The van der Waals surface area contributed by atoms with Crippen LogP contribution in [0.25, 0.3) is 0 Å². The summed E-state index contributed by atoms with van der Waals surface area (Å²) in [5.74, 6) is 0.307. The summed E-state index contributed by atoms with van der Waals surface area (Å²) in [4.78, 5) is 13.2. The molecule has 2 aliphatic rings. The summed E-state index contributed by atoms with van der Waals surface area (Å²) in [6.45, 7) is 2.56. The van der Waals surface area contributed by atoms with Crippen molar-refractivity contribution < 1.29 is 14.6 Å². The van der Waals surface area contributed by atoms with Crippen LogP contribution in [0.3, 0.4) is 0 Å². The number of ether oxygens (including phenoxy) is 1. The molecule has 0 spiro atoms. The number of carboxylic acids is 1. The second kappa shape index (κ2) is 3.95. The summed E-state index contributed by atoms with van der Waals surface area (Å²) in [5, 5.41) is 8.95. The maximum atomic E-state index is 10.9. The minimum Gasteiger partial charge on any atom is -0.490 e. The van der Waals surface area contributed by atoms with Crippen LogP contribution in [0.5, 0.6) is 5.75 Å². The summed E-state index contributed by atoms with van der Waals surface area (Å²) in [7, 11) is 0. The van der Waals surface area contributed by atoms with Gasteiger partial charge in [0.25, 0.3) is 0 Å². The number of anilines is 1. The Morgan fingerprint density at radius 3 is 3.18 bits per heavy atom. The highest BCUT2D eigenvalue weighted by molar-refractivity contribution is 5.72. The molecule has 2 aliphatic heterocycles. The van der Waals surface area contributed by atoms with Gasteiger partial charge in [0.15, 0.2) is 0 Å². The standard InChI is InChI=1S/C13H15NO3/c15-12(16)8-9-4-5-14-6-7-17-11-3-1-2-10(9)13(11)14/h1-3,9H,4-8H2,(H,15,16). The lowest BCUT2D eigenvalue weighted by Crippen LogP contribution is -2.38. The van der Waals surface area contributed by atoms with E-state index in [1.165, 1.54) is 0 Å². The van der Waals surface area contributed by atoms with Crippen molar-refractivity contribution in [3.05, 3.63) is 23.8 Å². The molecule has 90 valence electrons. The highest BCUT2D eigenvalue weighted by Gasteiger charge is 2.30. The predicted molar refractivity (Wildman–Crippen MR) is 63.8 cm³/mol. The van der Waals surface area contributed by atoms with Gasteiger partial charge in [-0.3, -0.25) is 4.79 Å². The Bertz CT molecular complexity index is 458. The van der Waals surface area contributed by atoms with Crippen molar-refractivity contribution in [3.63, 3.8) is 0 Å². The number of hydrogen-bond acceptors (Lipinski definition) is 3. The number of nitrogens with zero attached hydrogens (tertiary/aromatic N) is 1. The molecule has 1 unspecified atom stereocenters. The van der Waals surface area contributed by atoms with E-state index in [0.29, 0.717) is 0 Å². The molecular formula is C13H15NO3. The third-order valence-electron chi connectivity index (χ3n) is 3.57. The number of rotatable bonds is 2. The number of para-hydroxylation sites is 1. The number of carboxylic acid groups (broad SMARTS) is 1. The van der Waals surface area contributed by atoms with Crippen LogP contribution in [-0.2, 0) is 4.79 Å². The third-order valence-corrected chi connectivity index (χ3v) is 3.57. The Hall–Kier alpha value is -1.71. The van der Waals surface area contributed by atoms with Crippen LogP contribution in [0.1, 0.15) is 24.3 Å². The van der Waals surface area contributed by atoms with Crippen LogP contribution in [0.4, 0.5) is 5.69 Å². The van der Waals surface area contributed by atoms with Gasteiger partial charge in [-0.05, 0) is 24.0 Å². The fraction of sp³-hybridized carbons (Fsp3) is 0.462. The zero-order chi connectivity index (χ0) is 11.8. The van der Waals surface area contributed by atoms with Crippen molar-refractivity contribution in [2.45, 2.75) is 18.8 Å². The largest absolute Gasteiger partial charge is 0.490 e. The SMILES string of the molecule is O=C(O)CC1CCN2CCOc3cccc1c32. The van der Waals surface area contributed by atoms with Gasteiger partial charge in [0, 0.05) is 6.54 Å². The smallest absolute Gasteiger partial charge is 0.303 e. The normalized spacial score (nSPS) is 21.6. The quantitative estimate of drug-likeness (QED) is 0.847. The summed E-state index contributed by atoms with van der Waals surface area (Å²) in [5.41, 5.74) is 2.26.